The van der Waals surface area contributed by atoms with E-state index in [0.29, 0.717) is 11.4 Å². The first kappa shape index (κ1) is 16.2. The fourth-order valence-corrected chi connectivity index (χ4v) is 2.22. The Balaban J connectivity index is 2.47. The Morgan fingerprint density at radius 2 is 2.15 bits per heavy atom. The molecule has 20 heavy (non-hydrogen) atoms. The lowest BCUT2D eigenvalue weighted by atomic mass is 10.1. The Bertz CT molecular complexity index is 473. The molecule has 0 radical (unpaired) electrons. The summed E-state index contributed by atoms with van der Waals surface area (Å²) in [5, 5.41) is 13.2. The SMILES string of the molecule is CCN(CC(C)C(=O)O)C(=O)CNC(=O)c1cccs1. The second-order valence-electron chi connectivity index (χ2n) is 4.33. The third-order valence-electron chi connectivity index (χ3n) is 2.80. The molecule has 0 saturated carbocycles. The number of likely N-dealkylation sites (N-methyl/N-ethyl adjacent to an activating group) is 1. The zero-order chi connectivity index (χ0) is 15.1. The van der Waals surface area contributed by atoms with E-state index in [2.05, 4.69) is 5.32 Å². The van der Waals surface area contributed by atoms with E-state index in [-0.39, 0.29) is 24.9 Å². The van der Waals surface area contributed by atoms with Crippen molar-refractivity contribution >= 4 is 29.1 Å². The van der Waals surface area contributed by atoms with Gasteiger partial charge in [-0.05, 0) is 18.4 Å². The van der Waals surface area contributed by atoms with Crippen LogP contribution in [-0.4, -0.2) is 47.4 Å². The standard InChI is InChI=1S/C13H18N2O4S/c1-3-15(8-9(2)13(18)19)11(16)7-14-12(17)10-5-4-6-20-10/h4-6,9H,3,7-8H2,1-2H3,(H,14,17)(H,18,19). The van der Waals surface area contributed by atoms with Gasteiger partial charge in [-0.15, -0.1) is 11.3 Å². The maximum Gasteiger partial charge on any atom is 0.308 e. The van der Waals surface area contributed by atoms with E-state index < -0.39 is 11.9 Å². The highest BCUT2D eigenvalue weighted by Gasteiger charge is 2.19. The molecular weight excluding hydrogens is 280 g/mol. The van der Waals surface area contributed by atoms with Crippen LogP contribution >= 0.6 is 11.3 Å². The van der Waals surface area contributed by atoms with Gasteiger partial charge in [-0.1, -0.05) is 13.0 Å². The fourth-order valence-electron chi connectivity index (χ4n) is 1.58. The largest absolute Gasteiger partial charge is 0.481 e. The minimum absolute atomic E-state index is 0.128. The van der Waals surface area contributed by atoms with Gasteiger partial charge in [0.2, 0.25) is 5.91 Å². The van der Waals surface area contributed by atoms with Gasteiger partial charge in [0.1, 0.15) is 0 Å². The molecule has 0 aromatic carbocycles. The molecule has 0 aliphatic heterocycles. The number of hydrogen-bond acceptors (Lipinski definition) is 4. The highest BCUT2D eigenvalue weighted by atomic mass is 32.1. The van der Waals surface area contributed by atoms with Gasteiger partial charge < -0.3 is 15.3 Å². The van der Waals surface area contributed by atoms with Crippen molar-refractivity contribution in [2.24, 2.45) is 5.92 Å². The Hall–Kier alpha value is -1.89. The van der Waals surface area contributed by atoms with Crippen molar-refractivity contribution in [3.05, 3.63) is 22.4 Å². The predicted octanol–water partition coefficient (Wildman–Crippen LogP) is 1.05. The van der Waals surface area contributed by atoms with Crippen molar-refractivity contribution in [2.45, 2.75) is 13.8 Å². The first-order chi connectivity index (χ1) is 9.45. The summed E-state index contributed by atoms with van der Waals surface area (Å²) in [5.74, 6) is -2.16. The first-order valence-electron chi connectivity index (χ1n) is 6.28. The molecule has 1 aromatic heterocycles. The van der Waals surface area contributed by atoms with E-state index in [1.807, 2.05) is 0 Å². The van der Waals surface area contributed by atoms with E-state index in [4.69, 9.17) is 5.11 Å². The second-order valence-corrected chi connectivity index (χ2v) is 5.28. The Kier molecular flexibility index (Phi) is 6.17. The number of carbonyl (C=O) groups is 3. The zero-order valence-corrected chi connectivity index (χ0v) is 12.3. The number of amides is 2. The number of rotatable bonds is 7. The summed E-state index contributed by atoms with van der Waals surface area (Å²) in [5.41, 5.74) is 0. The molecule has 0 bridgehead atoms. The normalized spacial score (nSPS) is 11.7. The van der Waals surface area contributed by atoms with Crippen molar-refractivity contribution in [3.63, 3.8) is 0 Å². The van der Waals surface area contributed by atoms with Gasteiger partial charge in [0.25, 0.3) is 5.91 Å². The molecule has 0 spiro atoms. The monoisotopic (exact) mass is 298 g/mol. The van der Waals surface area contributed by atoms with Crippen LogP contribution in [0, 0.1) is 5.92 Å². The summed E-state index contributed by atoms with van der Waals surface area (Å²) in [7, 11) is 0. The first-order valence-corrected chi connectivity index (χ1v) is 7.16. The molecule has 0 saturated heterocycles. The lowest BCUT2D eigenvalue weighted by Crippen LogP contribution is -2.42. The van der Waals surface area contributed by atoms with Gasteiger partial charge in [-0.25, -0.2) is 0 Å². The summed E-state index contributed by atoms with van der Waals surface area (Å²) >= 11 is 1.30. The third kappa shape index (κ3) is 4.65. The average Bonchev–Trinajstić information content (AvgIpc) is 2.95. The summed E-state index contributed by atoms with van der Waals surface area (Å²) in [6.07, 6.45) is 0. The molecule has 2 amide bonds. The van der Waals surface area contributed by atoms with Crippen molar-refractivity contribution in [1.29, 1.82) is 0 Å². The molecule has 0 aliphatic carbocycles. The Labute approximate surface area is 121 Å². The van der Waals surface area contributed by atoms with Gasteiger partial charge in [-0.3, -0.25) is 14.4 Å². The number of nitrogens with one attached hydrogen (secondary N) is 1. The molecule has 7 heteroatoms. The number of nitrogens with zero attached hydrogens (tertiary/aromatic N) is 1. The van der Waals surface area contributed by atoms with Crippen molar-refractivity contribution in [3.8, 4) is 0 Å². The molecule has 0 fully saturated rings. The van der Waals surface area contributed by atoms with Gasteiger partial charge in [-0.2, -0.15) is 0 Å². The molecule has 1 aromatic rings. The lowest BCUT2D eigenvalue weighted by molar-refractivity contribution is -0.142. The van der Waals surface area contributed by atoms with E-state index in [9.17, 15) is 14.4 Å². The summed E-state index contributed by atoms with van der Waals surface area (Å²) in [4.78, 5) is 36.4. The number of carboxylic acid groups (broad SMARTS) is 1. The molecule has 1 atom stereocenters. The van der Waals surface area contributed by atoms with E-state index >= 15 is 0 Å². The van der Waals surface area contributed by atoms with E-state index in [1.165, 1.54) is 16.2 Å². The van der Waals surface area contributed by atoms with Crippen LogP contribution in [0.15, 0.2) is 17.5 Å². The molecular formula is C13H18N2O4S. The maximum atomic E-state index is 11.9. The number of aliphatic carboxylic acids is 1. The highest BCUT2D eigenvalue weighted by Crippen LogP contribution is 2.07. The van der Waals surface area contributed by atoms with Crippen molar-refractivity contribution < 1.29 is 19.5 Å². The molecule has 0 aliphatic rings. The molecule has 2 N–H and O–H groups in total. The minimum atomic E-state index is -0.945. The summed E-state index contributed by atoms with van der Waals surface area (Å²) in [6.45, 7) is 3.73. The summed E-state index contributed by atoms with van der Waals surface area (Å²) in [6, 6.07) is 3.43. The fraction of sp³-hybridized carbons (Fsp3) is 0.462. The maximum absolute atomic E-state index is 11.9. The minimum Gasteiger partial charge on any atom is -0.481 e. The highest BCUT2D eigenvalue weighted by molar-refractivity contribution is 7.12. The molecule has 1 heterocycles. The quantitative estimate of drug-likeness (QED) is 0.787. The summed E-state index contributed by atoms with van der Waals surface area (Å²) < 4.78 is 0. The van der Waals surface area contributed by atoms with Crippen LogP contribution in [0.5, 0.6) is 0 Å². The van der Waals surface area contributed by atoms with E-state index in [1.54, 1.807) is 31.4 Å². The predicted molar refractivity (Wildman–Crippen MR) is 75.7 cm³/mol. The van der Waals surface area contributed by atoms with Crippen molar-refractivity contribution in [2.75, 3.05) is 19.6 Å². The van der Waals surface area contributed by atoms with Crippen LogP contribution in [0.1, 0.15) is 23.5 Å². The average molecular weight is 298 g/mol. The van der Waals surface area contributed by atoms with Crippen LogP contribution in [0.4, 0.5) is 0 Å². The van der Waals surface area contributed by atoms with Gasteiger partial charge in [0.05, 0.1) is 17.3 Å². The van der Waals surface area contributed by atoms with Crippen LogP contribution in [0.25, 0.3) is 0 Å². The van der Waals surface area contributed by atoms with Crippen LogP contribution in [0.3, 0.4) is 0 Å². The van der Waals surface area contributed by atoms with Crippen LogP contribution in [-0.2, 0) is 9.59 Å². The van der Waals surface area contributed by atoms with Gasteiger partial charge in [0, 0.05) is 13.1 Å². The Morgan fingerprint density at radius 3 is 2.65 bits per heavy atom. The van der Waals surface area contributed by atoms with Crippen LogP contribution in [0.2, 0.25) is 0 Å². The van der Waals surface area contributed by atoms with Gasteiger partial charge in [0.15, 0.2) is 0 Å². The third-order valence-corrected chi connectivity index (χ3v) is 3.66. The van der Waals surface area contributed by atoms with Crippen molar-refractivity contribution in [1.82, 2.24) is 10.2 Å². The number of carbonyl (C=O) groups excluding carboxylic acids is 2. The molecule has 1 rings (SSSR count). The topological polar surface area (TPSA) is 86.7 Å². The molecule has 1 unspecified atom stereocenters. The smallest absolute Gasteiger partial charge is 0.308 e. The second kappa shape index (κ2) is 7.64. The molecule has 6 nitrogen and oxygen atoms in total. The number of hydrogen-bond donors (Lipinski definition) is 2. The Morgan fingerprint density at radius 1 is 1.45 bits per heavy atom. The molecule has 110 valence electrons. The van der Waals surface area contributed by atoms with E-state index in [0.717, 1.165) is 0 Å². The van der Waals surface area contributed by atoms with Gasteiger partial charge >= 0.3 is 5.97 Å². The number of thiophene rings is 1. The van der Waals surface area contributed by atoms with Crippen LogP contribution < -0.4 is 5.32 Å². The number of carboxylic acids is 1. The zero-order valence-electron chi connectivity index (χ0n) is 11.5. The lowest BCUT2D eigenvalue weighted by Gasteiger charge is -2.23.